The minimum atomic E-state index is -0.913. The van der Waals surface area contributed by atoms with E-state index in [0.717, 1.165) is 31.1 Å². The first-order valence-corrected chi connectivity index (χ1v) is 11.1. The van der Waals surface area contributed by atoms with E-state index in [2.05, 4.69) is 16.0 Å². The van der Waals surface area contributed by atoms with Crippen LogP contribution in [0.5, 0.6) is 0 Å². The smallest absolute Gasteiger partial charge is 0.254 e. The molecular formula is C25H22F2N4O2. The lowest BCUT2D eigenvalue weighted by atomic mass is 9.97. The van der Waals surface area contributed by atoms with Gasteiger partial charge in [0, 0.05) is 59.8 Å². The van der Waals surface area contributed by atoms with Gasteiger partial charge in [-0.3, -0.25) is 4.79 Å². The van der Waals surface area contributed by atoms with Crippen LogP contribution >= 0.6 is 0 Å². The lowest BCUT2D eigenvalue weighted by Gasteiger charge is -2.27. The maximum atomic E-state index is 14.2. The molecule has 8 heteroatoms. The summed E-state index contributed by atoms with van der Waals surface area (Å²) in [5.74, 6) is -1.34. The van der Waals surface area contributed by atoms with Crippen molar-refractivity contribution in [2.45, 2.75) is 18.3 Å². The molecule has 6 rings (SSSR count). The minimum absolute atomic E-state index is 0.00403. The number of carbonyl (C=O) groups excluding carboxylic acids is 1. The van der Waals surface area contributed by atoms with Gasteiger partial charge in [0.25, 0.3) is 5.91 Å². The molecule has 2 aliphatic heterocycles. The molecule has 2 fully saturated rings. The summed E-state index contributed by atoms with van der Waals surface area (Å²) < 4.78 is 33.2. The molecule has 1 aliphatic carbocycles. The Labute approximate surface area is 189 Å². The highest BCUT2D eigenvalue weighted by molar-refractivity contribution is 5.96. The van der Waals surface area contributed by atoms with E-state index in [1.165, 1.54) is 30.1 Å². The van der Waals surface area contributed by atoms with Crippen LogP contribution in [-0.2, 0) is 10.2 Å². The normalized spacial score (nSPS) is 18.5. The van der Waals surface area contributed by atoms with Gasteiger partial charge in [-0.15, -0.1) is 0 Å². The maximum absolute atomic E-state index is 14.2. The molecule has 0 bridgehead atoms. The van der Waals surface area contributed by atoms with Gasteiger partial charge in [0.2, 0.25) is 5.95 Å². The van der Waals surface area contributed by atoms with Crippen LogP contribution in [0.3, 0.4) is 0 Å². The molecule has 6 nitrogen and oxygen atoms in total. The van der Waals surface area contributed by atoms with Gasteiger partial charge in [0.1, 0.15) is 0 Å². The SMILES string of the molecule is O=C(c1ccc2c(c1)N(c1ncc(-c3cccc(F)c3F)cn1)CC21CC1)N1CCOCC1. The van der Waals surface area contributed by atoms with Crippen LogP contribution in [-0.4, -0.2) is 53.6 Å². The molecule has 0 unspecified atom stereocenters. The molecule has 33 heavy (non-hydrogen) atoms. The van der Waals surface area contributed by atoms with E-state index in [9.17, 15) is 13.6 Å². The molecular weight excluding hydrogens is 426 g/mol. The molecule has 168 valence electrons. The summed E-state index contributed by atoms with van der Waals surface area (Å²) in [5, 5.41) is 0. The first-order valence-electron chi connectivity index (χ1n) is 11.1. The third kappa shape index (κ3) is 3.36. The Bertz CT molecular complexity index is 1240. The third-order valence-electron chi connectivity index (χ3n) is 6.86. The average Bonchev–Trinajstić information content (AvgIpc) is 3.57. The summed E-state index contributed by atoms with van der Waals surface area (Å²) in [7, 11) is 0. The lowest BCUT2D eigenvalue weighted by molar-refractivity contribution is 0.0303. The standard InChI is InChI=1S/C25H22F2N4O2/c26-20-3-1-2-18(22(20)27)17-13-28-24(29-14-17)31-15-25(6-7-25)19-5-4-16(12-21(19)31)23(32)30-8-10-33-11-9-30/h1-5,12-14H,6-11,15H2. The van der Waals surface area contributed by atoms with Gasteiger partial charge in [-0.05, 0) is 36.6 Å². The number of aromatic nitrogens is 2. The van der Waals surface area contributed by atoms with Crippen molar-refractivity contribution in [3.8, 4) is 11.1 Å². The number of hydrogen-bond acceptors (Lipinski definition) is 5. The fraction of sp³-hybridized carbons (Fsp3) is 0.320. The van der Waals surface area contributed by atoms with Crippen LogP contribution in [0.1, 0.15) is 28.8 Å². The van der Waals surface area contributed by atoms with E-state index in [1.54, 1.807) is 0 Å². The molecule has 1 saturated carbocycles. The van der Waals surface area contributed by atoms with Gasteiger partial charge >= 0.3 is 0 Å². The molecule has 0 atom stereocenters. The van der Waals surface area contributed by atoms with Crippen molar-refractivity contribution in [2.24, 2.45) is 0 Å². The van der Waals surface area contributed by atoms with Gasteiger partial charge in [0.05, 0.1) is 13.2 Å². The summed E-state index contributed by atoms with van der Waals surface area (Å²) >= 11 is 0. The van der Waals surface area contributed by atoms with Crippen LogP contribution in [0.4, 0.5) is 20.4 Å². The summed E-state index contributed by atoms with van der Waals surface area (Å²) in [5.41, 5.74) is 3.40. The maximum Gasteiger partial charge on any atom is 0.254 e. The molecule has 0 N–H and O–H groups in total. The van der Waals surface area contributed by atoms with Crippen LogP contribution in [0.25, 0.3) is 11.1 Å². The van der Waals surface area contributed by atoms with Crippen molar-refractivity contribution >= 4 is 17.5 Å². The highest BCUT2D eigenvalue weighted by Crippen LogP contribution is 2.57. The Morgan fingerprint density at radius 1 is 1.03 bits per heavy atom. The number of amides is 1. The molecule has 3 aromatic rings. The number of anilines is 2. The zero-order valence-corrected chi connectivity index (χ0v) is 17.9. The van der Waals surface area contributed by atoms with Gasteiger partial charge < -0.3 is 14.5 Å². The van der Waals surface area contributed by atoms with Crippen molar-refractivity contribution in [3.63, 3.8) is 0 Å². The zero-order valence-electron chi connectivity index (χ0n) is 17.9. The van der Waals surface area contributed by atoms with E-state index >= 15 is 0 Å². The number of hydrogen-bond donors (Lipinski definition) is 0. The fourth-order valence-electron chi connectivity index (χ4n) is 4.84. The monoisotopic (exact) mass is 448 g/mol. The number of halogens is 2. The van der Waals surface area contributed by atoms with E-state index in [-0.39, 0.29) is 16.9 Å². The lowest BCUT2D eigenvalue weighted by Crippen LogP contribution is -2.40. The summed E-state index contributed by atoms with van der Waals surface area (Å²) in [6.07, 6.45) is 5.20. The number of carbonyl (C=O) groups is 1. The third-order valence-corrected chi connectivity index (χ3v) is 6.86. The fourth-order valence-corrected chi connectivity index (χ4v) is 4.84. The van der Waals surface area contributed by atoms with Crippen LogP contribution in [0.15, 0.2) is 48.8 Å². The Balaban J connectivity index is 1.33. The van der Waals surface area contributed by atoms with E-state index in [4.69, 9.17) is 4.74 Å². The van der Waals surface area contributed by atoms with Crippen LogP contribution < -0.4 is 4.90 Å². The first kappa shape index (κ1) is 20.2. The Kier molecular flexibility index (Phi) is 4.65. The van der Waals surface area contributed by atoms with Crippen molar-refractivity contribution in [1.29, 1.82) is 0 Å². The van der Waals surface area contributed by atoms with E-state index < -0.39 is 11.6 Å². The van der Waals surface area contributed by atoms with Crippen molar-refractivity contribution in [1.82, 2.24) is 14.9 Å². The van der Waals surface area contributed by atoms with Crippen LogP contribution in [0.2, 0.25) is 0 Å². The first-order chi connectivity index (χ1) is 16.1. The van der Waals surface area contributed by atoms with Gasteiger partial charge in [-0.25, -0.2) is 18.7 Å². The highest BCUT2D eigenvalue weighted by Gasteiger charge is 2.52. The van der Waals surface area contributed by atoms with E-state index in [1.807, 2.05) is 21.9 Å². The second-order valence-electron chi connectivity index (χ2n) is 8.88. The summed E-state index contributed by atoms with van der Waals surface area (Å²) in [6.45, 7) is 3.02. The largest absolute Gasteiger partial charge is 0.378 e. The van der Waals surface area contributed by atoms with Gasteiger partial charge in [-0.1, -0.05) is 18.2 Å². The number of benzene rings is 2. The topological polar surface area (TPSA) is 58.6 Å². The second-order valence-corrected chi connectivity index (χ2v) is 8.88. The van der Waals surface area contributed by atoms with Crippen LogP contribution in [0, 0.1) is 11.6 Å². The second kappa shape index (κ2) is 7.59. The highest BCUT2D eigenvalue weighted by atomic mass is 19.2. The zero-order chi connectivity index (χ0) is 22.6. The summed E-state index contributed by atoms with van der Waals surface area (Å²) in [6, 6.07) is 9.96. The Morgan fingerprint density at radius 2 is 1.79 bits per heavy atom. The number of morpholine rings is 1. The van der Waals surface area contributed by atoms with Crippen molar-refractivity contribution in [2.75, 3.05) is 37.7 Å². The Morgan fingerprint density at radius 3 is 2.52 bits per heavy atom. The molecule has 3 heterocycles. The average molecular weight is 448 g/mol. The molecule has 3 aliphatic rings. The molecule has 2 aromatic carbocycles. The van der Waals surface area contributed by atoms with Gasteiger partial charge in [0.15, 0.2) is 11.6 Å². The van der Waals surface area contributed by atoms with Gasteiger partial charge in [-0.2, -0.15) is 0 Å². The van der Waals surface area contributed by atoms with Crippen molar-refractivity contribution < 1.29 is 18.3 Å². The quantitative estimate of drug-likeness (QED) is 0.605. The Hall–Kier alpha value is -3.39. The predicted octanol–water partition coefficient (Wildman–Crippen LogP) is 4.08. The molecule has 1 saturated heterocycles. The number of rotatable bonds is 3. The number of ether oxygens (including phenoxy) is 1. The molecule has 0 radical (unpaired) electrons. The molecule has 1 aromatic heterocycles. The predicted molar refractivity (Wildman–Crippen MR) is 118 cm³/mol. The number of fused-ring (bicyclic) bond motifs is 2. The summed E-state index contributed by atoms with van der Waals surface area (Å²) in [4.78, 5) is 25.8. The number of nitrogens with zero attached hydrogens (tertiary/aromatic N) is 4. The van der Waals surface area contributed by atoms with Crippen molar-refractivity contribution in [3.05, 3.63) is 71.6 Å². The molecule has 1 spiro atoms. The molecule has 1 amide bonds. The van der Waals surface area contributed by atoms with E-state index in [0.29, 0.717) is 43.4 Å². The minimum Gasteiger partial charge on any atom is -0.378 e.